The fourth-order valence-corrected chi connectivity index (χ4v) is 2.08. The Labute approximate surface area is 135 Å². The van der Waals surface area contributed by atoms with Crippen LogP contribution in [0, 0.1) is 0 Å². The molecule has 0 aliphatic rings. The number of para-hydroxylation sites is 1. The van der Waals surface area contributed by atoms with Gasteiger partial charge in [-0.25, -0.2) is 0 Å². The average molecular weight is 315 g/mol. The highest BCUT2D eigenvalue weighted by Gasteiger charge is 2.07. The number of anilines is 1. The summed E-state index contributed by atoms with van der Waals surface area (Å²) in [7, 11) is 3.24. The SMILES string of the molecule is COCCNC(=O)c1cncc(NCc2ccccc2OC)c1. The zero-order chi connectivity index (χ0) is 16.5. The van der Waals surface area contributed by atoms with Crippen LogP contribution in [0.3, 0.4) is 0 Å². The molecule has 0 radical (unpaired) electrons. The molecule has 0 saturated carbocycles. The zero-order valence-electron chi connectivity index (χ0n) is 13.3. The predicted octanol–water partition coefficient (Wildman–Crippen LogP) is 2.08. The zero-order valence-corrected chi connectivity index (χ0v) is 13.3. The van der Waals surface area contributed by atoms with Crippen molar-refractivity contribution in [3.8, 4) is 5.75 Å². The maximum atomic E-state index is 12.0. The van der Waals surface area contributed by atoms with E-state index in [0.717, 1.165) is 17.0 Å². The van der Waals surface area contributed by atoms with Crippen LogP contribution >= 0.6 is 0 Å². The molecule has 0 fully saturated rings. The minimum atomic E-state index is -0.171. The van der Waals surface area contributed by atoms with E-state index in [9.17, 15) is 4.79 Å². The Bertz CT molecular complexity index is 646. The number of hydrogen-bond acceptors (Lipinski definition) is 5. The summed E-state index contributed by atoms with van der Waals surface area (Å²) in [6.07, 6.45) is 3.22. The normalized spacial score (nSPS) is 10.2. The molecule has 0 atom stereocenters. The van der Waals surface area contributed by atoms with Crippen molar-refractivity contribution in [1.82, 2.24) is 10.3 Å². The Morgan fingerprint density at radius 2 is 2.04 bits per heavy atom. The van der Waals surface area contributed by atoms with Gasteiger partial charge in [0.05, 0.1) is 25.0 Å². The number of ether oxygens (including phenoxy) is 2. The van der Waals surface area contributed by atoms with Gasteiger partial charge in [0.1, 0.15) is 5.75 Å². The number of pyridine rings is 1. The first-order chi connectivity index (χ1) is 11.2. The second kappa shape index (κ2) is 8.75. The molecule has 122 valence electrons. The Kier molecular flexibility index (Phi) is 6.38. The van der Waals surface area contributed by atoms with Crippen molar-refractivity contribution in [3.63, 3.8) is 0 Å². The highest BCUT2D eigenvalue weighted by Crippen LogP contribution is 2.19. The van der Waals surface area contributed by atoms with Crippen molar-refractivity contribution in [2.45, 2.75) is 6.54 Å². The third-order valence-electron chi connectivity index (χ3n) is 3.27. The summed E-state index contributed by atoms with van der Waals surface area (Å²) in [5, 5.41) is 6.02. The molecule has 0 aliphatic carbocycles. The van der Waals surface area contributed by atoms with Gasteiger partial charge in [-0.3, -0.25) is 9.78 Å². The van der Waals surface area contributed by atoms with Crippen LogP contribution in [0.15, 0.2) is 42.7 Å². The lowest BCUT2D eigenvalue weighted by atomic mass is 10.2. The minimum Gasteiger partial charge on any atom is -0.496 e. The van der Waals surface area contributed by atoms with Gasteiger partial charge in [0.2, 0.25) is 0 Å². The van der Waals surface area contributed by atoms with Crippen molar-refractivity contribution in [2.24, 2.45) is 0 Å². The van der Waals surface area contributed by atoms with E-state index in [1.165, 1.54) is 6.20 Å². The third kappa shape index (κ3) is 4.96. The fourth-order valence-electron chi connectivity index (χ4n) is 2.08. The summed E-state index contributed by atoms with van der Waals surface area (Å²) in [4.78, 5) is 16.1. The molecule has 0 saturated heterocycles. The van der Waals surface area contributed by atoms with Gasteiger partial charge in [0.15, 0.2) is 0 Å². The Balaban J connectivity index is 1.98. The fraction of sp³-hybridized carbons (Fsp3) is 0.294. The molecule has 0 unspecified atom stereocenters. The van der Waals surface area contributed by atoms with Crippen LogP contribution in [-0.2, 0) is 11.3 Å². The van der Waals surface area contributed by atoms with Crippen molar-refractivity contribution < 1.29 is 14.3 Å². The van der Waals surface area contributed by atoms with Crippen molar-refractivity contribution in [3.05, 3.63) is 53.9 Å². The summed E-state index contributed by atoms with van der Waals surface area (Å²) in [6.45, 7) is 1.53. The Hall–Kier alpha value is -2.60. The summed E-state index contributed by atoms with van der Waals surface area (Å²) in [5.74, 6) is 0.650. The van der Waals surface area contributed by atoms with Crippen molar-refractivity contribution in [2.75, 3.05) is 32.7 Å². The summed E-state index contributed by atoms with van der Waals surface area (Å²) >= 11 is 0. The van der Waals surface area contributed by atoms with E-state index in [-0.39, 0.29) is 5.91 Å². The molecule has 2 aromatic rings. The lowest BCUT2D eigenvalue weighted by molar-refractivity contribution is 0.0937. The molecule has 6 heteroatoms. The van der Waals surface area contributed by atoms with Crippen LogP contribution in [0.4, 0.5) is 5.69 Å². The maximum absolute atomic E-state index is 12.0. The number of nitrogens with one attached hydrogen (secondary N) is 2. The predicted molar refractivity (Wildman–Crippen MR) is 88.8 cm³/mol. The average Bonchev–Trinajstić information content (AvgIpc) is 2.60. The number of nitrogens with zero attached hydrogens (tertiary/aromatic N) is 1. The number of carbonyl (C=O) groups excluding carboxylic acids is 1. The smallest absolute Gasteiger partial charge is 0.253 e. The largest absolute Gasteiger partial charge is 0.496 e. The number of rotatable bonds is 8. The van der Waals surface area contributed by atoms with Gasteiger partial charge in [-0.15, -0.1) is 0 Å². The van der Waals surface area contributed by atoms with E-state index in [4.69, 9.17) is 9.47 Å². The van der Waals surface area contributed by atoms with Gasteiger partial charge in [0, 0.05) is 38.2 Å². The maximum Gasteiger partial charge on any atom is 0.253 e. The number of benzene rings is 1. The molecular formula is C17H21N3O3. The lowest BCUT2D eigenvalue weighted by Gasteiger charge is -2.11. The number of methoxy groups -OCH3 is 2. The Morgan fingerprint density at radius 3 is 2.83 bits per heavy atom. The van der Waals surface area contributed by atoms with Crippen LogP contribution < -0.4 is 15.4 Å². The van der Waals surface area contributed by atoms with Gasteiger partial charge >= 0.3 is 0 Å². The number of carbonyl (C=O) groups is 1. The first-order valence-corrected chi connectivity index (χ1v) is 7.32. The van der Waals surface area contributed by atoms with Gasteiger partial charge in [-0.2, -0.15) is 0 Å². The molecule has 23 heavy (non-hydrogen) atoms. The van der Waals surface area contributed by atoms with Crippen LogP contribution in [0.1, 0.15) is 15.9 Å². The first-order valence-electron chi connectivity index (χ1n) is 7.32. The van der Waals surface area contributed by atoms with E-state index >= 15 is 0 Å². The summed E-state index contributed by atoms with van der Waals surface area (Å²) in [5.41, 5.74) is 2.31. The standard InChI is InChI=1S/C17H21N3O3/c1-22-8-7-19-17(21)14-9-15(12-18-10-14)20-11-13-5-3-4-6-16(13)23-2/h3-6,9-10,12,20H,7-8,11H2,1-2H3,(H,19,21). The first kappa shape index (κ1) is 16.8. The molecule has 6 nitrogen and oxygen atoms in total. The number of hydrogen-bond donors (Lipinski definition) is 2. The van der Waals surface area contributed by atoms with E-state index in [2.05, 4.69) is 15.6 Å². The molecule has 1 aromatic carbocycles. The van der Waals surface area contributed by atoms with E-state index in [1.54, 1.807) is 26.5 Å². The second-order valence-electron chi connectivity index (χ2n) is 4.88. The summed E-state index contributed by atoms with van der Waals surface area (Å²) in [6, 6.07) is 9.55. The van der Waals surface area contributed by atoms with Gasteiger partial charge in [-0.05, 0) is 12.1 Å². The van der Waals surface area contributed by atoms with E-state index in [0.29, 0.717) is 25.3 Å². The second-order valence-corrected chi connectivity index (χ2v) is 4.88. The topological polar surface area (TPSA) is 72.5 Å². The quantitative estimate of drug-likeness (QED) is 0.730. The van der Waals surface area contributed by atoms with Crippen molar-refractivity contribution in [1.29, 1.82) is 0 Å². The highest BCUT2D eigenvalue weighted by molar-refractivity contribution is 5.94. The Morgan fingerprint density at radius 1 is 1.22 bits per heavy atom. The van der Waals surface area contributed by atoms with Crippen LogP contribution in [0.2, 0.25) is 0 Å². The molecule has 2 rings (SSSR count). The highest BCUT2D eigenvalue weighted by atomic mass is 16.5. The minimum absolute atomic E-state index is 0.171. The number of aromatic nitrogens is 1. The molecule has 0 spiro atoms. The molecular weight excluding hydrogens is 294 g/mol. The third-order valence-corrected chi connectivity index (χ3v) is 3.27. The van der Waals surface area contributed by atoms with E-state index < -0.39 is 0 Å². The van der Waals surface area contributed by atoms with Gasteiger partial charge in [-0.1, -0.05) is 18.2 Å². The molecule has 1 amide bonds. The monoisotopic (exact) mass is 315 g/mol. The van der Waals surface area contributed by atoms with Crippen LogP contribution in [0.5, 0.6) is 5.75 Å². The van der Waals surface area contributed by atoms with Gasteiger partial charge < -0.3 is 20.1 Å². The lowest BCUT2D eigenvalue weighted by Crippen LogP contribution is -2.27. The molecule has 1 heterocycles. The summed E-state index contributed by atoms with van der Waals surface area (Å²) < 4.78 is 10.2. The van der Waals surface area contributed by atoms with Crippen LogP contribution in [0.25, 0.3) is 0 Å². The molecule has 2 N–H and O–H groups in total. The number of amides is 1. The molecule has 1 aromatic heterocycles. The van der Waals surface area contributed by atoms with Crippen LogP contribution in [-0.4, -0.2) is 38.3 Å². The molecule has 0 aliphatic heterocycles. The van der Waals surface area contributed by atoms with Gasteiger partial charge in [0.25, 0.3) is 5.91 Å². The molecule has 0 bridgehead atoms. The van der Waals surface area contributed by atoms with E-state index in [1.807, 2.05) is 24.3 Å². The van der Waals surface area contributed by atoms with Crippen molar-refractivity contribution >= 4 is 11.6 Å².